The molecule has 0 aliphatic rings. The quantitative estimate of drug-likeness (QED) is 0.780. The molecule has 0 unspecified atom stereocenters. The Morgan fingerprint density at radius 2 is 2.26 bits per heavy atom. The van der Waals surface area contributed by atoms with Crippen molar-refractivity contribution < 1.29 is 9.53 Å². The maximum atomic E-state index is 11.5. The number of ether oxygens (including phenoxy) is 1. The maximum Gasteiger partial charge on any atom is 0.341 e. The van der Waals surface area contributed by atoms with Gasteiger partial charge >= 0.3 is 5.97 Å². The summed E-state index contributed by atoms with van der Waals surface area (Å²) in [7, 11) is 1.33. The van der Waals surface area contributed by atoms with Crippen LogP contribution in [0.5, 0.6) is 0 Å². The minimum atomic E-state index is -0.454. The minimum absolute atomic E-state index is 0.337. The van der Waals surface area contributed by atoms with Gasteiger partial charge in [-0.1, -0.05) is 0 Å². The predicted octanol–water partition coefficient (Wildman–Crippen LogP) is 1.65. The van der Waals surface area contributed by atoms with Crippen LogP contribution in [-0.2, 0) is 11.3 Å². The molecule has 0 N–H and O–H groups in total. The molecule has 2 rings (SSSR count). The van der Waals surface area contributed by atoms with Gasteiger partial charge in [-0.05, 0) is 19.1 Å². The first-order valence-electron chi connectivity index (χ1n) is 5.83. The van der Waals surface area contributed by atoms with Gasteiger partial charge < -0.3 is 4.74 Å². The molecule has 2 aromatic heterocycles. The zero-order chi connectivity index (χ0) is 13.7. The summed E-state index contributed by atoms with van der Waals surface area (Å²) >= 11 is 0. The monoisotopic (exact) mass is 258 g/mol. The highest BCUT2D eigenvalue weighted by Crippen LogP contribution is 2.10. The molecule has 0 aliphatic carbocycles. The summed E-state index contributed by atoms with van der Waals surface area (Å²) in [5.74, 6) is -0.454. The highest BCUT2D eigenvalue weighted by molar-refractivity contribution is 5.93. The van der Waals surface area contributed by atoms with Crippen LogP contribution in [0.15, 0.2) is 24.9 Å². The normalized spacial score (nSPS) is 10.8. The molecule has 0 amide bonds. The molecule has 98 valence electrons. The Hall–Kier alpha value is -2.50. The molecular weight excluding hydrogens is 244 g/mol. The summed E-state index contributed by atoms with van der Waals surface area (Å²) in [6.07, 6.45) is 10.1. The second kappa shape index (κ2) is 5.90. The first-order chi connectivity index (χ1) is 9.24. The molecule has 0 aromatic carbocycles. The first kappa shape index (κ1) is 12.9. The van der Waals surface area contributed by atoms with Gasteiger partial charge in [0.05, 0.1) is 19.0 Å². The minimum Gasteiger partial charge on any atom is -0.465 e. The van der Waals surface area contributed by atoms with E-state index in [0.29, 0.717) is 11.3 Å². The van der Waals surface area contributed by atoms with E-state index in [-0.39, 0.29) is 0 Å². The topological polar surface area (TPSA) is 69.9 Å². The molecule has 2 heterocycles. The van der Waals surface area contributed by atoms with Gasteiger partial charge in [0.1, 0.15) is 11.9 Å². The summed E-state index contributed by atoms with van der Waals surface area (Å²) in [6, 6.07) is 0. The van der Waals surface area contributed by atoms with Crippen molar-refractivity contribution in [1.82, 2.24) is 19.7 Å². The van der Waals surface area contributed by atoms with Gasteiger partial charge in [0, 0.05) is 24.5 Å². The summed E-state index contributed by atoms with van der Waals surface area (Å²) in [5, 5.41) is 4.16. The van der Waals surface area contributed by atoms with E-state index < -0.39 is 5.97 Å². The van der Waals surface area contributed by atoms with Crippen molar-refractivity contribution in [3.8, 4) is 0 Å². The molecule has 0 saturated carbocycles. The summed E-state index contributed by atoms with van der Waals surface area (Å²) in [6.45, 7) is 2.83. The van der Waals surface area contributed by atoms with Crippen LogP contribution in [0.25, 0.3) is 12.2 Å². The number of carbonyl (C=O) groups excluding carboxylic acids is 1. The highest BCUT2D eigenvalue weighted by atomic mass is 16.5. The third-order valence-electron chi connectivity index (χ3n) is 2.56. The number of aromatic nitrogens is 4. The van der Waals surface area contributed by atoms with E-state index in [1.165, 1.54) is 19.6 Å². The lowest BCUT2D eigenvalue weighted by molar-refractivity contribution is 0.0599. The Morgan fingerprint density at radius 1 is 1.42 bits per heavy atom. The van der Waals surface area contributed by atoms with Crippen molar-refractivity contribution in [2.75, 3.05) is 7.11 Å². The SMILES string of the molecule is CCn1cc(/C=C/c2ncncc2C(=O)OC)cn1. The van der Waals surface area contributed by atoms with E-state index in [4.69, 9.17) is 0 Å². The van der Waals surface area contributed by atoms with Crippen LogP contribution in [0.2, 0.25) is 0 Å². The molecule has 0 aliphatic heterocycles. The van der Waals surface area contributed by atoms with Crippen LogP contribution >= 0.6 is 0 Å². The Labute approximate surface area is 110 Å². The summed E-state index contributed by atoms with van der Waals surface area (Å²) in [5.41, 5.74) is 1.80. The Bertz CT molecular complexity index is 604. The van der Waals surface area contributed by atoms with E-state index >= 15 is 0 Å². The molecule has 0 fully saturated rings. The van der Waals surface area contributed by atoms with Crippen molar-refractivity contribution in [3.05, 3.63) is 41.7 Å². The molecule has 19 heavy (non-hydrogen) atoms. The third-order valence-corrected chi connectivity index (χ3v) is 2.56. The highest BCUT2D eigenvalue weighted by Gasteiger charge is 2.10. The molecule has 0 spiro atoms. The predicted molar refractivity (Wildman–Crippen MR) is 70.2 cm³/mol. The second-order valence-corrected chi connectivity index (χ2v) is 3.78. The number of nitrogens with zero attached hydrogens (tertiary/aromatic N) is 4. The number of aryl methyl sites for hydroxylation is 1. The summed E-state index contributed by atoms with van der Waals surface area (Å²) < 4.78 is 6.50. The van der Waals surface area contributed by atoms with E-state index in [1.54, 1.807) is 12.3 Å². The van der Waals surface area contributed by atoms with E-state index in [2.05, 4.69) is 19.8 Å². The van der Waals surface area contributed by atoms with E-state index in [1.807, 2.05) is 23.9 Å². The van der Waals surface area contributed by atoms with Crippen molar-refractivity contribution in [2.24, 2.45) is 0 Å². The van der Waals surface area contributed by atoms with Crippen LogP contribution in [0.3, 0.4) is 0 Å². The van der Waals surface area contributed by atoms with Gasteiger partial charge in [-0.2, -0.15) is 5.10 Å². The van der Waals surface area contributed by atoms with Crippen molar-refractivity contribution in [3.63, 3.8) is 0 Å². The lowest BCUT2D eigenvalue weighted by Gasteiger charge is -2.01. The second-order valence-electron chi connectivity index (χ2n) is 3.78. The Kier molecular flexibility index (Phi) is 4.02. The number of rotatable bonds is 4. The van der Waals surface area contributed by atoms with Crippen LogP contribution in [0, 0.1) is 0 Å². The first-order valence-corrected chi connectivity index (χ1v) is 5.83. The average Bonchev–Trinajstić information content (AvgIpc) is 2.92. The van der Waals surface area contributed by atoms with E-state index in [9.17, 15) is 4.79 Å². The standard InChI is InChI=1S/C13H14N4O2/c1-3-17-8-10(6-16-17)4-5-12-11(13(18)19-2)7-14-9-15-12/h4-9H,3H2,1-2H3/b5-4+. The van der Waals surface area contributed by atoms with Crippen molar-refractivity contribution >= 4 is 18.1 Å². The van der Waals surface area contributed by atoms with Crippen LogP contribution in [-0.4, -0.2) is 32.8 Å². The van der Waals surface area contributed by atoms with Crippen molar-refractivity contribution in [2.45, 2.75) is 13.5 Å². The number of esters is 1. The van der Waals surface area contributed by atoms with Crippen LogP contribution in [0.1, 0.15) is 28.5 Å². The zero-order valence-electron chi connectivity index (χ0n) is 10.8. The number of methoxy groups -OCH3 is 1. The molecule has 0 bridgehead atoms. The largest absolute Gasteiger partial charge is 0.465 e. The fourth-order valence-corrected chi connectivity index (χ4v) is 1.55. The van der Waals surface area contributed by atoms with Gasteiger partial charge in [0.15, 0.2) is 0 Å². The number of hydrogen-bond acceptors (Lipinski definition) is 5. The maximum absolute atomic E-state index is 11.5. The number of carbonyl (C=O) groups is 1. The molecule has 2 aromatic rings. The van der Waals surface area contributed by atoms with Crippen LogP contribution < -0.4 is 0 Å². The van der Waals surface area contributed by atoms with Crippen LogP contribution in [0.4, 0.5) is 0 Å². The lowest BCUT2D eigenvalue weighted by atomic mass is 10.2. The third kappa shape index (κ3) is 3.04. The zero-order valence-corrected chi connectivity index (χ0v) is 10.8. The Morgan fingerprint density at radius 3 is 2.95 bits per heavy atom. The van der Waals surface area contributed by atoms with Gasteiger partial charge in [0.25, 0.3) is 0 Å². The van der Waals surface area contributed by atoms with Gasteiger partial charge in [0.2, 0.25) is 0 Å². The van der Waals surface area contributed by atoms with E-state index in [0.717, 1.165) is 12.1 Å². The fraction of sp³-hybridized carbons (Fsp3) is 0.231. The molecule has 6 nitrogen and oxygen atoms in total. The lowest BCUT2D eigenvalue weighted by Crippen LogP contribution is -2.05. The Balaban J connectivity index is 2.25. The average molecular weight is 258 g/mol. The molecule has 0 saturated heterocycles. The smallest absolute Gasteiger partial charge is 0.341 e. The number of hydrogen-bond donors (Lipinski definition) is 0. The van der Waals surface area contributed by atoms with Gasteiger partial charge in [-0.3, -0.25) is 4.68 Å². The molecule has 0 radical (unpaired) electrons. The van der Waals surface area contributed by atoms with Gasteiger partial charge in [-0.15, -0.1) is 0 Å². The molecule has 6 heteroatoms. The van der Waals surface area contributed by atoms with Gasteiger partial charge in [-0.25, -0.2) is 14.8 Å². The fourth-order valence-electron chi connectivity index (χ4n) is 1.55. The molecule has 0 atom stereocenters. The summed E-state index contributed by atoms with van der Waals surface area (Å²) in [4.78, 5) is 19.4. The van der Waals surface area contributed by atoms with Crippen molar-refractivity contribution in [1.29, 1.82) is 0 Å². The molecular formula is C13H14N4O2.